The maximum absolute atomic E-state index is 2.53. The summed E-state index contributed by atoms with van der Waals surface area (Å²) in [6, 6.07) is 95.7. The molecule has 0 bridgehead atoms. The largest absolute Gasteiger partial charge is 0.310 e. The molecule has 0 unspecified atom stereocenters. The van der Waals surface area contributed by atoms with Crippen LogP contribution >= 0.6 is 0 Å². The molecule has 338 valence electrons. The van der Waals surface area contributed by atoms with Crippen LogP contribution in [-0.4, -0.2) is 4.57 Å². The lowest BCUT2D eigenvalue weighted by Gasteiger charge is -2.35. The molecule has 0 radical (unpaired) electrons. The van der Waals surface area contributed by atoms with Crippen molar-refractivity contribution >= 4 is 71.2 Å². The summed E-state index contributed by atoms with van der Waals surface area (Å²) in [7, 11) is 0. The van der Waals surface area contributed by atoms with Gasteiger partial charge >= 0.3 is 0 Å². The Kier molecular flexibility index (Phi) is 8.66. The highest BCUT2D eigenvalue weighted by Gasteiger charge is 2.48. The molecule has 13 aromatic rings. The number of rotatable bonds is 6. The van der Waals surface area contributed by atoms with Crippen molar-refractivity contribution in [2.45, 2.75) is 24.7 Å². The van der Waals surface area contributed by atoms with Crippen LogP contribution < -0.4 is 4.90 Å². The Morgan fingerprint density at radius 1 is 0.306 bits per heavy atom. The average molecular weight is 917 g/mol. The van der Waals surface area contributed by atoms with Gasteiger partial charge in [-0.3, -0.25) is 0 Å². The first-order valence-electron chi connectivity index (χ1n) is 25.3. The number of anilines is 3. The highest BCUT2D eigenvalue weighted by Crippen LogP contribution is 2.60. The molecular weight excluding hydrogens is 869 g/mol. The molecule has 12 aromatic carbocycles. The van der Waals surface area contributed by atoms with Gasteiger partial charge in [0.2, 0.25) is 0 Å². The predicted molar refractivity (Wildman–Crippen MR) is 303 cm³/mol. The summed E-state index contributed by atoms with van der Waals surface area (Å²) in [5, 5.41) is 10.1. The smallest absolute Gasteiger partial charge is 0.0715 e. The lowest BCUT2D eigenvalue weighted by atomic mass is 9.67. The molecule has 1 heterocycles. The third-order valence-electron chi connectivity index (χ3n) is 16.4. The van der Waals surface area contributed by atoms with Crippen molar-refractivity contribution in [1.82, 2.24) is 4.57 Å². The Labute approximate surface area is 419 Å². The van der Waals surface area contributed by atoms with Gasteiger partial charge in [-0.15, -0.1) is 0 Å². The van der Waals surface area contributed by atoms with Gasteiger partial charge < -0.3 is 9.47 Å². The van der Waals surface area contributed by atoms with E-state index in [0.717, 1.165) is 17.1 Å². The van der Waals surface area contributed by atoms with Crippen LogP contribution in [0.2, 0.25) is 0 Å². The molecule has 2 heteroatoms. The van der Waals surface area contributed by atoms with E-state index < -0.39 is 5.41 Å². The van der Waals surface area contributed by atoms with E-state index in [-0.39, 0.29) is 5.41 Å². The van der Waals surface area contributed by atoms with Crippen molar-refractivity contribution in [1.29, 1.82) is 0 Å². The number of fused-ring (bicyclic) bond motifs is 15. The van der Waals surface area contributed by atoms with E-state index >= 15 is 0 Å². The zero-order valence-corrected chi connectivity index (χ0v) is 40.1. The number of nitrogens with zero attached hydrogens (tertiary/aromatic N) is 2. The molecule has 0 saturated heterocycles. The van der Waals surface area contributed by atoms with E-state index in [0.29, 0.717) is 0 Å². The first-order valence-corrected chi connectivity index (χ1v) is 25.3. The number of aromatic nitrogens is 1. The lowest BCUT2D eigenvalue weighted by molar-refractivity contribution is 0.660. The van der Waals surface area contributed by atoms with E-state index in [9.17, 15) is 0 Å². The van der Waals surface area contributed by atoms with Crippen molar-refractivity contribution in [3.63, 3.8) is 0 Å². The molecule has 1 aromatic heterocycles. The molecule has 72 heavy (non-hydrogen) atoms. The Bertz CT molecular complexity index is 4240. The van der Waals surface area contributed by atoms with Gasteiger partial charge in [-0.1, -0.05) is 214 Å². The second-order valence-electron chi connectivity index (χ2n) is 20.3. The van der Waals surface area contributed by atoms with Crippen LogP contribution in [0, 0.1) is 0 Å². The molecule has 0 N–H and O–H groups in total. The lowest BCUT2D eigenvalue weighted by Crippen LogP contribution is -2.28. The van der Waals surface area contributed by atoms with Gasteiger partial charge in [-0.05, 0) is 137 Å². The number of benzene rings is 12. The monoisotopic (exact) mass is 916 g/mol. The van der Waals surface area contributed by atoms with Gasteiger partial charge in [0.25, 0.3) is 0 Å². The van der Waals surface area contributed by atoms with Gasteiger partial charge in [-0.2, -0.15) is 0 Å². The fraction of sp³-hybridized carbons (Fsp3) is 0.0571. The van der Waals surface area contributed by atoms with E-state index in [1.165, 1.54) is 115 Å². The molecule has 15 rings (SSSR count). The maximum atomic E-state index is 2.53. The van der Waals surface area contributed by atoms with Gasteiger partial charge in [0.15, 0.2) is 0 Å². The van der Waals surface area contributed by atoms with Crippen molar-refractivity contribution < 1.29 is 0 Å². The normalized spacial score (nSPS) is 13.9. The molecular formula is C70H48N2. The summed E-state index contributed by atoms with van der Waals surface area (Å²) in [4.78, 5) is 2.53. The van der Waals surface area contributed by atoms with E-state index in [4.69, 9.17) is 0 Å². The first kappa shape index (κ1) is 40.9. The quantitative estimate of drug-likeness (QED) is 0.151. The van der Waals surface area contributed by atoms with E-state index in [2.05, 4.69) is 278 Å². The van der Waals surface area contributed by atoms with E-state index in [1.54, 1.807) is 0 Å². The molecule has 2 aliphatic carbocycles. The Morgan fingerprint density at radius 2 is 0.750 bits per heavy atom. The summed E-state index contributed by atoms with van der Waals surface area (Å²) >= 11 is 0. The molecule has 0 fully saturated rings. The van der Waals surface area contributed by atoms with Crippen molar-refractivity contribution in [3.05, 3.63) is 288 Å². The summed E-state index contributed by atoms with van der Waals surface area (Å²) < 4.78 is 2.51. The highest BCUT2D eigenvalue weighted by molar-refractivity contribution is 6.26. The van der Waals surface area contributed by atoms with Crippen LogP contribution in [0.15, 0.2) is 255 Å². The fourth-order valence-corrected chi connectivity index (χ4v) is 13.3. The Hall–Kier alpha value is -8.98. The van der Waals surface area contributed by atoms with Crippen LogP contribution in [0.25, 0.3) is 82.1 Å². The Morgan fingerprint density at radius 3 is 1.38 bits per heavy atom. The minimum Gasteiger partial charge on any atom is -0.310 e. The first-order chi connectivity index (χ1) is 35.5. The molecule has 2 nitrogen and oxygen atoms in total. The van der Waals surface area contributed by atoms with Gasteiger partial charge in [-0.25, -0.2) is 0 Å². The second kappa shape index (κ2) is 15.3. The van der Waals surface area contributed by atoms with Crippen molar-refractivity contribution in [2.24, 2.45) is 0 Å². The topological polar surface area (TPSA) is 8.17 Å². The van der Waals surface area contributed by atoms with Crippen molar-refractivity contribution in [2.75, 3.05) is 4.90 Å². The number of hydrogen-bond donors (Lipinski definition) is 0. The molecule has 0 atom stereocenters. The zero-order valence-electron chi connectivity index (χ0n) is 40.1. The third-order valence-corrected chi connectivity index (χ3v) is 16.4. The van der Waals surface area contributed by atoms with Crippen LogP contribution in [0.3, 0.4) is 0 Å². The molecule has 0 saturated carbocycles. The van der Waals surface area contributed by atoms with Crippen LogP contribution in [0.1, 0.15) is 47.2 Å². The maximum Gasteiger partial charge on any atom is 0.0715 e. The highest BCUT2D eigenvalue weighted by atomic mass is 15.1. The Balaban J connectivity index is 1.04. The van der Waals surface area contributed by atoms with Crippen LogP contribution in [-0.2, 0) is 10.8 Å². The molecule has 0 amide bonds. The zero-order chi connectivity index (χ0) is 47.7. The molecule has 0 spiro atoms. The van der Waals surface area contributed by atoms with Gasteiger partial charge in [0, 0.05) is 38.8 Å². The van der Waals surface area contributed by atoms with Crippen molar-refractivity contribution in [3.8, 4) is 27.9 Å². The van der Waals surface area contributed by atoms with E-state index in [1.807, 2.05) is 0 Å². The fourth-order valence-electron chi connectivity index (χ4n) is 13.3. The van der Waals surface area contributed by atoms with Crippen LogP contribution in [0.4, 0.5) is 17.1 Å². The number of hydrogen-bond acceptors (Lipinski definition) is 1. The van der Waals surface area contributed by atoms with Crippen LogP contribution in [0.5, 0.6) is 0 Å². The van der Waals surface area contributed by atoms with Gasteiger partial charge in [0.05, 0.1) is 22.1 Å². The van der Waals surface area contributed by atoms with Gasteiger partial charge in [0.1, 0.15) is 0 Å². The second-order valence-corrected chi connectivity index (χ2v) is 20.3. The summed E-state index contributed by atoms with van der Waals surface area (Å²) in [5.74, 6) is 0. The average Bonchev–Trinajstić information content (AvgIpc) is 4.03. The number of para-hydroxylation sites is 2. The standard InChI is InChI=1S/C70H48N2/c1-69(2)61-31-16-13-28-55(61)56-40-37-48(43-63(56)69)71(47-36-39-54-52-26-10-9-24-50(52)51-25-11-12-27-53(51)60(54)42-47)49-38-41-59-64(44-49)70(45-20-5-3-6-21-45,46-22-7-4-8-23-46)62-32-19-35-67(68(59)62)72-65-33-17-14-29-57(65)58-30-15-18-34-66(58)72/h3-44H,1-2H3. The molecule has 0 aliphatic heterocycles. The minimum atomic E-state index is -0.649. The summed E-state index contributed by atoms with van der Waals surface area (Å²) in [6.45, 7) is 4.77. The SMILES string of the molecule is CC1(C)c2ccccc2-c2ccc(N(c3ccc4c(c3)C(c3ccccc3)(c3ccccc3)c3cccc(-n5c6ccccc6c6ccccc65)c3-4)c3ccc4c5ccccc5c5ccccc5c4c3)cc21. The summed E-state index contributed by atoms with van der Waals surface area (Å²) in [6.07, 6.45) is 0. The third kappa shape index (κ3) is 5.55. The minimum absolute atomic E-state index is 0.176. The molecule has 2 aliphatic rings. The predicted octanol–water partition coefficient (Wildman–Crippen LogP) is 18.4. The summed E-state index contributed by atoms with van der Waals surface area (Å²) in [5.41, 5.74) is 19.0.